The highest BCUT2D eigenvalue weighted by molar-refractivity contribution is 8.00. The highest BCUT2D eigenvalue weighted by Gasteiger charge is 2.23. The molecule has 2 aromatic heterocycles. The summed E-state index contributed by atoms with van der Waals surface area (Å²) in [5.74, 6) is -0.149. The van der Waals surface area contributed by atoms with Crippen LogP contribution in [-0.4, -0.2) is 26.3 Å². The van der Waals surface area contributed by atoms with Gasteiger partial charge < -0.3 is 5.11 Å². The quantitative estimate of drug-likeness (QED) is 0.260. The predicted molar refractivity (Wildman–Crippen MR) is 129 cm³/mol. The van der Waals surface area contributed by atoms with Gasteiger partial charge in [0.25, 0.3) is 0 Å². The van der Waals surface area contributed by atoms with Crippen molar-refractivity contribution in [1.82, 2.24) is 9.97 Å². The zero-order chi connectivity index (χ0) is 22.0. The largest absolute Gasteiger partial charge is 0.480 e. The Bertz CT molecular complexity index is 1210. The number of thioether (sulfide) groups is 1. The van der Waals surface area contributed by atoms with E-state index in [1.54, 1.807) is 11.3 Å². The van der Waals surface area contributed by atoms with Crippen LogP contribution in [0.5, 0.6) is 0 Å². The average Bonchev–Trinajstić information content (AvgIpc) is 3.16. The molecular formula is C25H24N2O2S2. The summed E-state index contributed by atoms with van der Waals surface area (Å²) in [7, 11) is 0. The van der Waals surface area contributed by atoms with E-state index in [2.05, 4.69) is 77.7 Å². The Hall–Kier alpha value is -2.70. The first-order valence-corrected chi connectivity index (χ1v) is 11.9. The molecule has 1 N–H and O–H groups in total. The van der Waals surface area contributed by atoms with Crippen molar-refractivity contribution in [1.29, 1.82) is 0 Å². The Morgan fingerprint density at radius 3 is 2.29 bits per heavy atom. The normalized spacial score (nSPS) is 12.2. The van der Waals surface area contributed by atoms with Gasteiger partial charge in [-0.2, -0.15) is 0 Å². The van der Waals surface area contributed by atoms with Gasteiger partial charge in [0, 0.05) is 10.9 Å². The van der Waals surface area contributed by atoms with Crippen molar-refractivity contribution in [3.63, 3.8) is 0 Å². The van der Waals surface area contributed by atoms with Crippen molar-refractivity contribution >= 4 is 39.3 Å². The van der Waals surface area contributed by atoms with Crippen molar-refractivity contribution in [2.75, 3.05) is 0 Å². The number of benzene rings is 2. The first-order chi connectivity index (χ1) is 14.9. The molecule has 2 aromatic carbocycles. The molecule has 0 aliphatic rings. The van der Waals surface area contributed by atoms with Gasteiger partial charge >= 0.3 is 5.97 Å². The summed E-state index contributed by atoms with van der Waals surface area (Å²) in [5, 5.41) is 13.1. The minimum atomic E-state index is -0.811. The fourth-order valence-electron chi connectivity index (χ4n) is 3.46. The molecule has 0 radical (unpaired) electrons. The Balaban J connectivity index is 1.66. The summed E-state index contributed by atoms with van der Waals surface area (Å²) in [6.07, 6.45) is 1.25. The van der Waals surface area contributed by atoms with E-state index in [1.165, 1.54) is 22.9 Å². The molecule has 6 heteroatoms. The molecule has 0 spiro atoms. The van der Waals surface area contributed by atoms with Crippen LogP contribution in [0.4, 0.5) is 0 Å². The van der Waals surface area contributed by atoms with E-state index in [0.717, 1.165) is 31.9 Å². The minimum absolute atomic E-state index is 0.539. The average molecular weight is 449 g/mol. The molecule has 4 nitrogen and oxygen atoms in total. The first kappa shape index (κ1) is 21.5. The maximum Gasteiger partial charge on any atom is 0.317 e. The third kappa shape index (κ3) is 4.97. The van der Waals surface area contributed by atoms with Crippen LogP contribution in [0.2, 0.25) is 0 Å². The summed E-state index contributed by atoms with van der Waals surface area (Å²) in [5.41, 5.74) is 5.71. The predicted octanol–water partition coefficient (Wildman–Crippen LogP) is 6.46. The standard InChI is InChI=1S/C25H24N2O2S2/c1-15-4-8-18(9-5-15)10-13-21(25(28)29)31-24-22-20(19-11-6-16(2)7-12-19)14-30-23(22)26-17(3)27-24/h4-9,11-12,14,21H,10,13H2,1-3H3,(H,28,29). The number of aromatic nitrogens is 2. The van der Waals surface area contributed by atoms with E-state index in [0.29, 0.717) is 18.7 Å². The van der Waals surface area contributed by atoms with Gasteiger partial charge in [-0.15, -0.1) is 11.3 Å². The molecule has 1 atom stereocenters. The van der Waals surface area contributed by atoms with Crippen molar-refractivity contribution < 1.29 is 9.90 Å². The maximum absolute atomic E-state index is 12.1. The first-order valence-electron chi connectivity index (χ1n) is 10.2. The van der Waals surface area contributed by atoms with Gasteiger partial charge in [-0.05, 0) is 44.7 Å². The van der Waals surface area contributed by atoms with E-state index in [1.807, 2.05) is 6.92 Å². The molecule has 0 amide bonds. The zero-order valence-corrected chi connectivity index (χ0v) is 19.4. The van der Waals surface area contributed by atoms with Gasteiger partial charge in [0.2, 0.25) is 0 Å². The van der Waals surface area contributed by atoms with Gasteiger partial charge in [-0.1, -0.05) is 71.4 Å². The van der Waals surface area contributed by atoms with Gasteiger partial charge in [0.1, 0.15) is 20.9 Å². The molecular weight excluding hydrogens is 424 g/mol. The Kier molecular flexibility index (Phi) is 6.39. The maximum atomic E-state index is 12.1. The Morgan fingerprint density at radius 2 is 1.65 bits per heavy atom. The molecule has 4 rings (SSSR count). The second-order valence-corrected chi connectivity index (χ2v) is 9.79. The summed E-state index contributed by atoms with van der Waals surface area (Å²) < 4.78 is 0. The second kappa shape index (κ2) is 9.20. The van der Waals surface area contributed by atoms with Crippen LogP contribution in [0, 0.1) is 20.8 Å². The van der Waals surface area contributed by atoms with Crippen LogP contribution < -0.4 is 0 Å². The van der Waals surface area contributed by atoms with Crippen LogP contribution in [-0.2, 0) is 11.2 Å². The molecule has 0 saturated carbocycles. The van der Waals surface area contributed by atoms with Crippen LogP contribution in [0.1, 0.15) is 28.9 Å². The molecule has 0 saturated heterocycles. The van der Waals surface area contributed by atoms with Gasteiger partial charge in [0.15, 0.2) is 0 Å². The highest BCUT2D eigenvalue weighted by atomic mass is 32.2. The smallest absolute Gasteiger partial charge is 0.317 e. The summed E-state index contributed by atoms with van der Waals surface area (Å²) in [6, 6.07) is 16.6. The fourth-order valence-corrected chi connectivity index (χ4v) is 5.64. The fraction of sp³-hybridized carbons (Fsp3) is 0.240. The van der Waals surface area contributed by atoms with E-state index < -0.39 is 11.2 Å². The number of hydrogen-bond donors (Lipinski definition) is 1. The lowest BCUT2D eigenvalue weighted by molar-refractivity contribution is -0.136. The lowest BCUT2D eigenvalue weighted by atomic mass is 10.1. The topological polar surface area (TPSA) is 63.1 Å². The van der Waals surface area contributed by atoms with Gasteiger partial charge in [-0.3, -0.25) is 4.79 Å². The number of aryl methyl sites for hydroxylation is 4. The highest BCUT2D eigenvalue weighted by Crippen LogP contribution is 2.40. The van der Waals surface area contributed by atoms with Crippen LogP contribution >= 0.6 is 23.1 Å². The van der Waals surface area contributed by atoms with E-state index >= 15 is 0 Å². The van der Waals surface area contributed by atoms with Crippen molar-refractivity contribution in [3.05, 3.63) is 76.4 Å². The molecule has 0 bridgehead atoms. The lowest BCUT2D eigenvalue weighted by Gasteiger charge is -2.13. The number of carboxylic acids is 1. The summed E-state index contributed by atoms with van der Waals surface area (Å²) in [6.45, 7) is 5.97. The third-order valence-corrected chi connectivity index (χ3v) is 7.33. The number of carbonyl (C=O) groups is 1. The molecule has 0 fully saturated rings. The molecule has 158 valence electrons. The van der Waals surface area contributed by atoms with Crippen molar-refractivity contribution in [2.45, 2.75) is 43.9 Å². The number of hydrogen-bond acceptors (Lipinski definition) is 5. The monoisotopic (exact) mass is 448 g/mol. The number of carboxylic acid groups (broad SMARTS) is 1. The third-order valence-electron chi connectivity index (χ3n) is 5.22. The van der Waals surface area contributed by atoms with Crippen LogP contribution in [0.25, 0.3) is 21.3 Å². The number of nitrogens with zero attached hydrogens (tertiary/aromatic N) is 2. The van der Waals surface area contributed by atoms with E-state index in [-0.39, 0.29) is 0 Å². The molecule has 4 aromatic rings. The number of rotatable bonds is 7. The van der Waals surface area contributed by atoms with Crippen LogP contribution in [0.15, 0.2) is 58.9 Å². The molecule has 1 unspecified atom stereocenters. The van der Waals surface area contributed by atoms with Gasteiger partial charge in [-0.25, -0.2) is 9.97 Å². The number of aliphatic carboxylic acids is 1. The number of fused-ring (bicyclic) bond motifs is 1. The summed E-state index contributed by atoms with van der Waals surface area (Å²) in [4.78, 5) is 22.2. The molecule has 0 aliphatic carbocycles. The summed E-state index contributed by atoms with van der Waals surface area (Å²) >= 11 is 2.91. The minimum Gasteiger partial charge on any atom is -0.480 e. The van der Waals surface area contributed by atoms with E-state index in [4.69, 9.17) is 0 Å². The lowest BCUT2D eigenvalue weighted by Crippen LogP contribution is -2.17. The van der Waals surface area contributed by atoms with Crippen LogP contribution in [0.3, 0.4) is 0 Å². The number of thiophene rings is 1. The molecule has 0 aliphatic heterocycles. The second-order valence-electron chi connectivity index (χ2n) is 7.74. The van der Waals surface area contributed by atoms with Crippen molar-refractivity contribution in [3.8, 4) is 11.1 Å². The zero-order valence-electron chi connectivity index (χ0n) is 17.8. The van der Waals surface area contributed by atoms with Crippen molar-refractivity contribution in [2.24, 2.45) is 0 Å². The van der Waals surface area contributed by atoms with E-state index in [9.17, 15) is 9.90 Å². The molecule has 31 heavy (non-hydrogen) atoms. The molecule has 2 heterocycles. The Labute approximate surface area is 190 Å². The van der Waals surface area contributed by atoms with Gasteiger partial charge in [0.05, 0.1) is 5.39 Å². The Morgan fingerprint density at radius 1 is 1.00 bits per heavy atom. The SMILES string of the molecule is Cc1ccc(CCC(Sc2nc(C)nc3scc(-c4ccc(C)cc4)c23)C(=O)O)cc1.